The maximum absolute atomic E-state index is 5.84. The Balaban J connectivity index is 6.39. The molecule has 0 aromatic carbocycles. The molecule has 0 heterocycles. The summed E-state index contributed by atoms with van der Waals surface area (Å²) in [4.78, 5) is 0. The van der Waals surface area contributed by atoms with Crippen LogP contribution in [0.15, 0.2) is 0 Å². The molecule has 0 N–H and O–H groups in total. The van der Waals surface area contributed by atoms with Gasteiger partial charge in [0.15, 0.2) is 0 Å². The zero-order valence-electron chi connectivity index (χ0n) is 14.7. The van der Waals surface area contributed by atoms with Crippen molar-refractivity contribution in [3.63, 3.8) is 0 Å². The third kappa shape index (κ3) is 3.44. The van der Waals surface area contributed by atoms with Gasteiger partial charge in [-0.1, -0.05) is 0 Å². The summed E-state index contributed by atoms with van der Waals surface area (Å²) in [6, 6.07) is 0. The first kappa shape index (κ1) is 20.9. The predicted molar refractivity (Wildman–Crippen MR) is 103 cm³/mol. The van der Waals surface area contributed by atoms with E-state index in [9.17, 15) is 0 Å². The van der Waals surface area contributed by atoms with Crippen molar-refractivity contribution < 1.29 is 0 Å². The Morgan fingerprint density at radius 3 is 1.00 bits per heavy atom. The second-order valence-electron chi connectivity index (χ2n) is 6.80. The third-order valence-electron chi connectivity index (χ3n) is 5.10. The van der Waals surface area contributed by atoms with E-state index in [-0.39, 0.29) is 8.49 Å². The molecule has 0 rings (SSSR count). The van der Waals surface area contributed by atoms with Crippen LogP contribution in [0, 0.1) is 54.2 Å². The van der Waals surface area contributed by atoms with Gasteiger partial charge in [-0.15, -0.1) is 0 Å². The molecule has 0 aliphatic heterocycles. The standard InChI is InChI=1S/C20H26Ge2/c1-11-19(7,8)21(13-3,14-4)17-18-22(15-5,16-6)20(9,10)12-2/h3-6H,11-12H2,1-2,7-10H3. The first-order valence-corrected chi connectivity index (χ1v) is 15.9. The van der Waals surface area contributed by atoms with Crippen LogP contribution in [0.1, 0.15) is 54.4 Å². The topological polar surface area (TPSA) is 0 Å². The molecule has 2 heteroatoms. The van der Waals surface area contributed by atoms with Crippen LogP contribution in [0.25, 0.3) is 0 Å². The van der Waals surface area contributed by atoms with E-state index < -0.39 is 26.5 Å². The molecule has 0 radical (unpaired) electrons. The van der Waals surface area contributed by atoms with Gasteiger partial charge in [0.2, 0.25) is 0 Å². The van der Waals surface area contributed by atoms with Crippen LogP contribution >= 0.6 is 0 Å². The molecule has 0 aromatic heterocycles. The van der Waals surface area contributed by atoms with Crippen LogP contribution in [0.5, 0.6) is 0 Å². The monoisotopic (exact) mass is 414 g/mol. The van der Waals surface area contributed by atoms with Crippen molar-refractivity contribution in [3.8, 4) is 54.2 Å². The molecule has 0 unspecified atom stereocenters. The Morgan fingerprint density at radius 2 is 0.864 bits per heavy atom. The Kier molecular flexibility index (Phi) is 7.06. The molecule has 114 valence electrons. The van der Waals surface area contributed by atoms with E-state index in [1.165, 1.54) is 0 Å². The predicted octanol–water partition coefficient (Wildman–Crippen LogP) is 4.04. The van der Waals surface area contributed by atoms with Crippen molar-refractivity contribution in [2.24, 2.45) is 0 Å². The SMILES string of the molecule is C#[C][Ge]([C]#C)([C]#[C][Ge]([C]#C)([C]#C)[C](C)(C)CC)[C](C)(C)CC. The first-order valence-electron chi connectivity index (χ1n) is 7.53. The summed E-state index contributed by atoms with van der Waals surface area (Å²) < 4.78 is 18.2. The van der Waals surface area contributed by atoms with Gasteiger partial charge in [0.05, 0.1) is 0 Å². The van der Waals surface area contributed by atoms with Gasteiger partial charge >= 0.3 is 144 Å². The molecular formula is C20H26Ge2. The molecule has 0 aliphatic rings. The van der Waals surface area contributed by atoms with Gasteiger partial charge in [-0.3, -0.25) is 0 Å². The average Bonchev–Trinajstić information content (AvgIpc) is 2.52. The van der Waals surface area contributed by atoms with Gasteiger partial charge in [0, 0.05) is 0 Å². The number of hydrogen-bond donors (Lipinski definition) is 0. The minimum absolute atomic E-state index is 0.121. The van der Waals surface area contributed by atoms with E-state index in [0.717, 1.165) is 12.8 Å². The molecule has 0 bridgehead atoms. The van der Waals surface area contributed by atoms with Crippen molar-refractivity contribution in [1.82, 2.24) is 0 Å². The van der Waals surface area contributed by atoms with Crippen LogP contribution < -0.4 is 0 Å². The molecule has 0 saturated heterocycles. The molecule has 0 saturated carbocycles. The fourth-order valence-corrected chi connectivity index (χ4v) is 14.8. The van der Waals surface area contributed by atoms with Gasteiger partial charge in [-0.2, -0.15) is 0 Å². The summed E-state index contributed by atoms with van der Waals surface area (Å²) in [5.41, 5.74) is 0. The molecule has 0 spiro atoms. The fraction of sp³-hybridized carbons (Fsp3) is 0.500. The Bertz CT molecular complexity index is 556. The van der Waals surface area contributed by atoms with Crippen molar-refractivity contribution in [2.75, 3.05) is 0 Å². The van der Waals surface area contributed by atoms with E-state index >= 15 is 0 Å². The average molecular weight is 412 g/mol. The molecule has 0 aromatic rings. The number of terminal acetylenes is 4. The summed E-state index contributed by atoms with van der Waals surface area (Å²) in [5, 5.41) is 0. The van der Waals surface area contributed by atoms with E-state index in [1.54, 1.807) is 0 Å². The summed E-state index contributed by atoms with van der Waals surface area (Å²) in [5.74, 6) is 0. The van der Waals surface area contributed by atoms with Crippen LogP contribution in [0.2, 0.25) is 8.49 Å². The van der Waals surface area contributed by atoms with Crippen LogP contribution in [-0.4, -0.2) is 26.5 Å². The number of rotatable bonds is 4. The fourth-order valence-electron chi connectivity index (χ4n) is 2.07. The molecule has 0 amide bonds. The zero-order chi connectivity index (χ0) is 17.7. The van der Waals surface area contributed by atoms with E-state index in [4.69, 9.17) is 25.7 Å². The molecule has 22 heavy (non-hydrogen) atoms. The maximum atomic E-state index is 5.84. The molecular weight excluding hydrogens is 385 g/mol. The summed E-state index contributed by atoms with van der Waals surface area (Å²) in [7, 11) is 0. The summed E-state index contributed by atoms with van der Waals surface area (Å²) >= 11 is -6.50. The first-order chi connectivity index (χ1) is 10.1. The van der Waals surface area contributed by atoms with Crippen molar-refractivity contribution in [3.05, 3.63) is 0 Å². The molecule has 0 aliphatic carbocycles. The van der Waals surface area contributed by atoms with E-state index in [2.05, 4.69) is 70.1 Å². The number of hydrogen-bond acceptors (Lipinski definition) is 0. The second kappa shape index (κ2) is 7.44. The van der Waals surface area contributed by atoms with Crippen molar-refractivity contribution in [1.29, 1.82) is 0 Å². The van der Waals surface area contributed by atoms with Crippen LogP contribution in [0.3, 0.4) is 0 Å². The minimum atomic E-state index is -3.25. The Morgan fingerprint density at radius 1 is 0.636 bits per heavy atom. The van der Waals surface area contributed by atoms with Crippen LogP contribution in [-0.2, 0) is 0 Å². The second-order valence-corrected chi connectivity index (χ2v) is 22.2. The Labute approximate surface area is 143 Å². The van der Waals surface area contributed by atoms with Crippen molar-refractivity contribution in [2.45, 2.75) is 62.9 Å². The van der Waals surface area contributed by atoms with E-state index in [1.807, 2.05) is 0 Å². The van der Waals surface area contributed by atoms with Gasteiger partial charge in [-0.25, -0.2) is 0 Å². The molecule has 0 atom stereocenters. The van der Waals surface area contributed by atoms with Crippen LogP contribution in [0.4, 0.5) is 0 Å². The van der Waals surface area contributed by atoms with E-state index in [0.29, 0.717) is 0 Å². The molecule has 0 fully saturated rings. The van der Waals surface area contributed by atoms with Crippen molar-refractivity contribution >= 4 is 26.5 Å². The summed E-state index contributed by atoms with van der Waals surface area (Å²) in [6.07, 6.45) is 25.2. The normalized spacial score (nSPS) is 11.9. The van der Waals surface area contributed by atoms with Gasteiger partial charge in [0.1, 0.15) is 0 Å². The zero-order valence-corrected chi connectivity index (χ0v) is 18.9. The third-order valence-corrected chi connectivity index (χ3v) is 21.9. The van der Waals surface area contributed by atoms with Gasteiger partial charge in [0.25, 0.3) is 0 Å². The Hall–Kier alpha value is -1.11. The molecule has 0 nitrogen and oxygen atoms in total. The quantitative estimate of drug-likeness (QED) is 0.484. The van der Waals surface area contributed by atoms with Gasteiger partial charge < -0.3 is 0 Å². The summed E-state index contributed by atoms with van der Waals surface area (Å²) in [6.45, 7) is 12.7. The van der Waals surface area contributed by atoms with Gasteiger partial charge in [-0.05, 0) is 0 Å².